The minimum Gasteiger partial charge on any atom is -0.396 e. The van der Waals surface area contributed by atoms with Crippen LogP contribution in [0, 0.1) is 5.92 Å². The second-order valence-corrected chi connectivity index (χ2v) is 6.12. The lowest BCUT2D eigenvalue weighted by Crippen LogP contribution is -2.40. The summed E-state index contributed by atoms with van der Waals surface area (Å²) in [6.45, 7) is 0.933. The van der Waals surface area contributed by atoms with Crippen molar-refractivity contribution in [1.29, 1.82) is 0 Å². The van der Waals surface area contributed by atoms with Gasteiger partial charge in [-0.3, -0.25) is 4.79 Å². The fourth-order valence-electron chi connectivity index (χ4n) is 2.90. The van der Waals surface area contributed by atoms with Crippen LogP contribution in [0.25, 0.3) is 0 Å². The van der Waals surface area contributed by atoms with Gasteiger partial charge in [-0.05, 0) is 25.5 Å². The molecular weight excluding hydrogens is 222 g/mol. The fraction of sp³-hybridized carbons (Fsp3) is 0.917. The second kappa shape index (κ2) is 5.41. The van der Waals surface area contributed by atoms with Crippen LogP contribution in [0.15, 0.2) is 0 Å². The number of hydrogen-bond donors (Lipinski definition) is 1. The molecule has 2 aliphatic rings. The molecule has 1 aliphatic carbocycles. The summed E-state index contributed by atoms with van der Waals surface area (Å²) in [5.74, 6) is 0.438. The van der Waals surface area contributed by atoms with E-state index < -0.39 is 0 Å². The summed E-state index contributed by atoms with van der Waals surface area (Å²) >= 11 is 1.93. The SMILES string of the molecule is CSC1CCCC(N2CC(CO)CC2=O)C1. The summed E-state index contributed by atoms with van der Waals surface area (Å²) in [6, 6.07) is 0.440. The van der Waals surface area contributed by atoms with Gasteiger partial charge in [-0.15, -0.1) is 0 Å². The summed E-state index contributed by atoms with van der Waals surface area (Å²) in [6.07, 6.45) is 7.55. The molecule has 2 rings (SSSR count). The zero-order valence-corrected chi connectivity index (χ0v) is 10.7. The Morgan fingerprint density at radius 2 is 2.31 bits per heavy atom. The lowest BCUT2D eigenvalue weighted by Gasteiger charge is -2.34. The number of thioether (sulfide) groups is 1. The van der Waals surface area contributed by atoms with E-state index >= 15 is 0 Å². The smallest absolute Gasteiger partial charge is 0.223 e. The van der Waals surface area contributed by atoms with Crippen LogP contribution in [0.2, 0.25) is 0 Å². The first-order valence-corrected chi connectivity index (χ1v) is 7.46. The summed E-state index contributed by atoms with van der Waals surface area (Å²) in [4.78, 5) is 13.9. The van der Waals surface area contributed by atoms with Crippen molar-refractivity contribution in [2.75, 3.05) is 19.4 Å². The van der Waals surface area contributed by atoms with Gasteiger partial charge in [-0.2, -0.15) is 11.8 Å². The summed E-state index contributed by atoms with van der Waals surface area (Å²) < 4.78 is 0. The molecule has 1 aliphatic heterocycles. The Bertz CT molecular complexity index is 259. The highest BCUT2D eigenvalue weighted by Gasteiger charge is 2.35. The molecule has 1 saturated heterocycles. The number of carbonyl (C=O) groups excluding carboxylic acids is 1. The lowest BCUT2D eigenvalue weighted by molar-refractivity contribution is -0.130. The van der Waals surface area contributed by atoms with Crippen LogP contribution < -0.4 is 0 Å². The van der Waals surface area contributed by atoms with Gasteiger partial charge in [-0.1, -0.05) is 6.42 Å². The number of rotatable bonds is 3. The molecule has 0 bridgehead atoms. The van der Waals surface area contributed by atoms with E-state index in [9.17, 15) is 4.79 Å². The number of nitrogens with zero attached hydrogens (tertiary/aromatic N) is 1. The van der Waals surface area contributed by atoms with Crippen LogP contribution in [0.4, 0.5) is 0 Å². The van der Waals surface area contributed by atoms with Crippen molar-refractivity contribution in [3.8, 4) is 0 Å². The Kier molecular flexibility index (Phi) is 4.14. The number of amides is 1. The van der Waals surface area contributed by atoms with E-state index in [0.29, 0.717) is 12.5 Å². The second-order valence-electron chi connectivity index (χ2n) is 4.98. The summed E-state index contributed by atoms with van der Waals surface area (Å²) in [5, 5.41) is 9.84. The molecule has 3 nitrogen and oxygen atoms in total. The minimum absolute atomic E-state index is 0.154. The van der Waals surface area contributed by atoms with E-state index in [1.54, 1.807) is 0 Å². The molecule has 1 heterocycles. The van der Waals surface area contributed by atoms with Gasteiger partial charge in [-0.25, -0.2) is 0 Å². The van der Waals surface area contributed by atoms with Gasteiger partial charge in [0, 0.05) is 36.8 Å². The third kappa shape index (κ3) is 2.54. The number of carbonyl (C=O) groups is 1. The van der Waals surface area contributed by atoms with Gasteiger partial charge in [0.2, 0.25) is 5.91 Å². The molecule has 1 amide bonds. The van der Waals surface area contributed by atoms with Crippen molar-refractivity contribution < 1.29 is 9.90 Å². The average molecular weight is 243 g/mol. The molecule has 2 fully saturated rings. The highest BCUT2D eigenvalue weighted by molar-refractivity contribution is 7.99. The van der Waals surface area contributed by atoms with E-state index in [0.717, 1.165) is 24.6 Å². The van der Waals surface area contributed by atoms with Crippen LogP contribution in [-0.4, -0.2) is 46.6 Å². The first-order valence-electron chi connectivity index (χ1n) is 6.17. The molecule has 0 aromatic heterocycles. The maximum atomic E-state index is 11.8. The quantitative estimate of drug-likeness (QED) is 0.816. The van der Waals surface area contributed by atoms with Gasteiger partial charge in [0.1, 0.15) is 0 Å². The summed E-state index contributed by atoms with van der Waals surface area (Å²) in [7, 11) is 0. The van der Waals surface area contributed by atoms with E-state index in [2.05, 4.69) is 6.26 Å². The number of hydrogen-bond acceptors (Lipinski definition) is 3. The van der Waals surface area contributed by atoms with Gasteiger partial charge in [0.05, 0.1) is 0 Å². The molecule has 16 heavy (non-hydrogen) atoms. The van der Waals surface area contributed by atoms with Crippen molar-refractivity contribution in [2.45, 2.75) is 43.4 Å². The van der Waals surface area contributed by atoms with Crippen molar-refractivity contribution in [2.24, 2.45) is 5.92 Å². The largest absolute Gasteiger partial charge is 0.396 e. The predicted molar refractivity (Wildman–Crippen MR) is 66.5 cm³/mol. The Morgan fingerprint density at radius 1 is 1.50 bits per heavy atom. The van der Waals surface area contributed by atoms with Crippen LogP contribution in [-0.2, 0) is 4.79 Å². The van der Waals surface area contributed by atoms with Crippen molar-refractivity contribution in [3.05, 3.63) is 0 Å². The molecule has 4 heteroatoms. The zero-order valence-electron chi connectivity index (χ0n) is 9.89. The van der Waals surface area contributed by atoms with Gasteiger partial charge in [0.25, 0.3) is 0 Å². The standard InChI is InChI=1S/C12H21NO2S/c1-16-11-4-2-3-10(6-11)13-7-9(8-14)5-12(13)15/h9-11,14H,2-8H2,1H3. The molecule has 3 atom stereocenters. The van der Waals surface area contributed by atoms with Gasteiger partial charge in [0.15, 0.2) is 0 Å². The molecule has 3 unspecified atom stereocenters. The number of aliphatic hydroxyl groups excluding tert-OH is 1. The first-order chi connectivity index (χ1) is 7.74. The van der Waals surface area contributed by atoms with E-state index in [1.165, 1.54) is 12.8 Å². The fourth-order valence-corrected chi connectivity index (χ4v) is 3.72. The Morgan fingerprint density at radius 3 is 2.94 bits per heavy atom. The highest BCUT2D eigenvalue weighted by Crippen LogP contribution is 2.32. The lowest BCUT2D eigenvalue weighted by atomic mass is 9.94. The zero-order chi connectivity index (χ0) is 11.5. The predicted octanol–water partition coefficient (Wildman–Crippen LogP) is 1.50. The van der Waals surface area contributed by atoms with Gasteiger partial charge < -0.3 is 10.0 Å². The monoisotopic (exact) mass is 243 g/mol. The van der Waals surface area contributed by atoms with Crippen molar-refractivity contribution >= 4 is 17.7 Å². The Balaban J connectivity index is 1.94. The first kappa shape index (κ1) is 12.2. The molecule has 0 aromatic rings. The molecule has 0 radical (unpaired) electrons. The average Bonchev–Trinajstić information content (AvgIpc) is 2.71. The third-order valence-corrected chi connectivity index (χ3v) is 4.96. The van der Waals surface area contributed by atoms with Crippen molar-refractivity contribution in [3.63, 3.8) is 0 Å². The van der Waals surface area contributed by atoms with Crippen LogP contribution >= 0.6 is 11.8 Å². The van der Waals surface area contributed by atoms with E-state index in [4.69, 9.17) is 5.11 Å². The third-order valence-electron chi connectivity index (χ3n) is 3.87. The molecule has 0 aromatic carbocycles. The molecule has 1 N–H and O–H groups in total. The number of likely N-dealkylation sites (tertiary alicyclic amines) is 1. The summed E-state index contributed by atoms with van der Waals surface area (Å²) in [5.41, 5.74) is 0. The van der Waals surface area contributed by atoms with Crippen LogP contribution in [0.5, 0.6) is 0 Å². The van der Waals surface area contributed by atoms with E-state index in [-0.39, 0.29) is 18.4 Å². The molecular formula is C12H21NO2S. The van der Waals surface area contributed by atoms with Crippen LogP contribution in [0.3, 0.4) is 0 Å². The molecule has 1 saturated carbocycles. The van der Waals surface area contributed by atoms with E-state index in [1.807, 2.05) is 16.7 Å². The Labute approximate surface area is 102 Å². The molecule has 92 valence electrons. The maximum Gasteiger partial charge on any atom is 0.223 e. The Hall–Kier alpha value is -0.220. The van der Waals surface area contributed by atoms with Crippen LogP contribution in [0.1, 0.15) is 32.1 Å². The van der Waals surface area contributed by atoms with Gasteiger partial charge >= 0.3 is 0 Å². The normalized spacial score (nSPS) is 35.8. The topological polar surface area (TPSA) is 40.5 Å². The van der Waals surface area contributed by atoms with Crippen molar-refractivity contribution in [1.82, 2.24) is 4.90 Å². The maximum absolute atomic E-state index is 11.8. The highest BCUT2D eigenvalue weighted by atomic mass is 32.2. The molecule has 0 spiro atoms. The minimum atomic E-state index is 0.154. The number of aliphatic hydroxyl groups is 1.